The molecule has 1 unspecified atom stereocenters. The van der Waals surface area contributed by atoms with Crippen LogP contribution >= 0.6 is 8.46 Å². The van der Waals surface area contributed by atoms with E-state index < -0.39 is 20.1 Å². The molecule has 0 saturated carbocycles. The molecule has 0 amide bonds. The number of nitrogens with one attached hydrogen (secondary N) is 1. The molecule has 0 aliphatic rings. The molecule has 1 atom stereocenters. The summed E-state index contributed by atoms with van der Waals surface area (Å²) in [5, 5.41) is 2.74. The highest BCUT2D eigenvalue weighted by molar-refractivity contribution is 7.25. The lowest BCUT2D eigenvalue weighted by Gasteiger charge is -2.30. The monoisotopic (exact) mass is 335 g/mol. The molecule has 0 aromatic heterocycles. The van der Waals surface area contributed by atoms with Crippen molar-refractivity contribution in [2.45, 2.75) is 5.65 Å². The molecule has 0 radical (unpaired) electrons. The van der Waals surface area contributed by atoms with Crippen LogP contribution in [0.4, 0.5) is 0 Å². The predicted molar refractivity (Wildman–Crippen MR) is 87.3 cm³/mol. The molecule has 1 N–H and O–H groups in total. The number of ether oxygens (including phenoxy) is 3. The smallest absolute Gasteiger partial charge is 0.361 e. The van der Waals surface area contributed by atoms with E-state index in [9.17, 15) is 9.36 Å². The molecule has 0 saturated heterocycles. The van der Waals surface area contributed by atoms with Gasteiger partial charge in [0, 0.05) is 0 Å². The van der Waals surface area contributed by atoms with Gasteiger partial charge in [-0.3, -0.25) is 4.79 Å². The first kappa shape index (κ1) is 17.1. The summed E-state index contributed by atoms with van der Waals surface area (Å²) in [7, 11) is -0.317. The summed E-state index contributed by atoms with van der Waals surface area (Å²) in [5.74, 6) is 0.406. The van der Waals surface area contributed by atoms with Crippen LogP contribution in [0.3, 0.4) is 0 Å². The average Bonchev–Trinajstić information content (AvgIpc) is 2.61. The zero-order chi connectivity index (χ0) is 16.5. The van der Waals surface area contributed by atoms with E-state index in [4.69, 9.17) is 9.47 Å². The van der Waals surface area contributed by atoms with Gasteiger partial charge in [0.15, 0.2) is 8.46 Å². The van der Waals surface area contributed by atoms with Crippen LogP contribution in [0.1, 0.15) is 0 Å². The Kier molecular flexibility index (Phi) is 6.20. The van der Waals surface area contributed by atoms with Crippen molar-refractivity contribution in [2.24, 2.45) is 0 Å². The van der Waals surface area contributed by atoms with Gasteiger partial charge < -0.3 is 18.8 Å². The third-order valence-electron chi connectivity index (χ3n) is 2.89. The fourth-order valence-electron chi connectivity index (χ4n) is 1.78. The number of methoxy groups -OCH3 is 1. The van der Waals surface area contributed by atoms with E-state index in [1.165, 1.54) is 7.11 Å². The highest BCUT2D eigenvalue weighted by atomic mass is 31.1. The maximum atomic E-state index is 11.9. The standard InChI is InChI=1S/C16H18NO5P/c1-20-15(18)12-17-16(23-19,21-13-8-4-2-5-9-13)22-14-10-6-3-7-11-14/h2-11,17H,12,23H2,1H3. The Morgan fingerprint density at radius 1 is 1.00 bits per heavy atom. The van der Waals surface area contributed by atoms with Gasteiger partial charge >= 0.3 is 11.6 Å². The lowest BCUT2D eigenvalue weighted by Crippen LogP contribution is -2.52. The number of rotatable bonds is 8. The van der Waals surface area contributed by atoms with Crippen LogP contribution in [0, 0.1) is 0 Å². The zero-order valence-electron chi connectivity index (χ0n) is 12.6. The van der Waals surface area contributed by atoms with Crippen LogP contribution in [-0.4, -0.2) is 25.3 Å². The van der Waals surface area contributed by atoms with Crippen LogP contribution in [0.15, 0.2) is 60.7 Å². The number of carbonyl (C=O) groups is 1. The summed E-state index contributed by atoms with van der Waals surface area (Å²) >= 11 is 0. The third-order valence-corrected chi connectivity index (χ3v) is 3.64. The van der Waals surface area contributed by atoms with Gasteiger partial charge in [-0.05, 0) is 24.3 Å². The number of benzene rings is 2. The van der Waals surface area contributed by atoms with Crippen molar-refractivity contribution < 1.29 is 23.6 Å². The van der Waals surface area contributed by atoms with Crippen molar-refractivity contribution in [2.75, 3.05) is 13.7 Å². The van der Waals surface area contributed by atoms with Gasteiger partial charge in [-0.15, -0.1) is 0 Å². The first-order valence-corrected chi connectivity index (χ1v) is 7.98. The van der Waals surface area contributed by atoms with Gasteiger partial charge in [0.05, 0.1) is 7.11 Å². The first-order valence-electron chi connectivity index (χ1n) is 6.94. The maximum Gasteiger partial charge on any atom is 0.361 e. The van der Waals surface area contributed by atoms with Gasteiger partial charge in [-0.1, -0.05) is 36.4 Å². The highest BCUT2D eigenvalue weighted by Gasteiger charge is 2.34. The summed E-state index contributed by atoms with van der Waals surface area (Å²) in [4.78, 5) is 11.4. The second-order valence-electron chi connectivity index (χ2n) is 4.55. The van der Waals surface area contributed by atoms with E-state index in [0.717, 1.165) is 0 Å². The Bertz CT molecular complexity index is 594. The van der Waals surface area contributed by atoms with Crippen molar-refractivity contribution in [3.63, 3.8) is 0 Å². The molecule has 23 heavy (non-hydrogen) atoms. The molecular formula is C16H18NO5P. The van der Waals surface area contributed by atoms with E-state index in [1.54, 1.807) is 48.5 Å². The van der Waals surface area contributed by atoms with Crippen molar-refractivity contribution in [3.8, 4) is 11.5 Å². The summed E-state index contributed by atoms with van der Waals surface area (Å²) in [6.45, 7) is -0.203. The van der Waals surface area contributed by atoms with E-state index in [2.05, 4.69) is 10.1 Å². The number of carbonyl (C=O) groups excluding carboxylic acids is 1. The quantitative estimate of drug-likeness (QED) is 0.453. The van der Waals surface area contributed by atoms with Gasteiger partial charge in [0.2, 0.25) is 0 Å². The Morgan fingerprint density at radius 2 is 1.48 bits per heavy atom. The summed E-state index contributed by atoms with van der Waals surface area (Å²) in [5.41, 5.74) is -1.64. The molecule has 0 spiro atoms. The molecule has 2 aromatic carbocycles. The minimum Gasteiger partial charge on any atom is -0.468 e. The maximum absolute atomic E-state index is 11.9. The van der Waals surface area contributed by atoms with Crippen LogP contribution in [0.2, 0.25) is 0 Å². The topological polar surface area (TPSA) is 73.9 Å². The van der Waals surface area contributed by atoms with Crippen LogP contribution < -0.4 is 14.8 Å². The molecule has 2 rings (SSSR count). The first-order chi connectivity index (χ1) is 11.2. The second-order valence-corrected chi connectivity index (χ2v) is 5.54. The van der Waals surface area contributed by atoms with Crippen molar-refractivity contribution >= 4 is 14.4 Å². The largest absolute Gasteiger partial charge is 0.468 e. The Morgan fingerprint density at radius 3 is 1.87 bits per heavy atom. The SMILES string of the molecule is COC(=O)CNC(Oc1ccccc1)(Oc1ccccc1)[PH2]=O. The van der Waals surface area contributed by atoms with Crippen LogP contribution in [-0.2, 0) is 14.1 Å². The molecule has 7 heteroatoms. The second kappa shape index (κ2) is 8.36. The van der Waals surface area contributed by atoms with E-state index in [1.807, 2.05) is 12.1 Å². The Labute approximate surface area is 135 Å². The lowest BCUT2D eigenvalue weighted by atomic mass is 10.3. The summed E-state index contributed by atoms with van der Waals surface area (Å²) < 4.78 is 27.9. The molecule has 0 aliphatic carbocycles. The summed E-state index contributed by atoms with van der Waals surface area (Å²) in [6.07, 6.45) is 0. The van der Waals surface area contributed by atoms with Gasteiger partial charge in [0.1, 0.15) is 18.0 Å². The minimum atomic E-state index is -1.64. The molecule has 2 aromatic rings. The van der Waals surface area contributed by atoms with Crippen molar-refractivity contribution in [1.82, 2.24) is 5.32 Å². The fourth-order valence-corrected chi connectivity index (χ4v) is 2.33. The molecular weight excluding hydrogens is 317 g/mol. The van der Waals surface area contributed by atoms with Gasteiger partial charge in [-0.2, -0.15) is 0 Å². The average molecular weight is 335 g/mol. The van der Waals surface area contributed by atoms with Gasteiger partial charge in [-0.25, -0.2) is 5.32 Å². The Balaban J connectivity index is 2.23. The molecule has 6 nitrogen and oxygen atoms in total. The molecule has 0 fully saturated rings. The predicted octanol–water partition coefficient (Wildman–Crippen LogP) is 2.27. The number of para-hydroxylation sites is 2. The Hall–Kier alpha value is -2.30. The lowest BCUT2D eigenvalue weighted by molar-refractivity contribution is -0.142. The number of hydrogen-bond donors (Lipinski definition) is 1. The number of hydrogen-bond acceptors (Lipinski definition) is 6. The third kappa shape index (κ3) is 5.13. The van der Waals surface area contributed by atoms with E-state index >= 15 is 0 Å². The van der Waals surface area contributed by atoms with Crippen molar-refractivity contribution in [1.29, 1.82) is 0 Å². The van der Waals surface area contributed by atoms with Crippen LogP contribution in [0.5, 0.6) is 11.5 Å². The fraction of sp³-hybridized carbons (Fsp3) is 0.188. The minimum absolute atomic E-state index is 0.203. The highest BCUT2D eigenvalue weighted by Crippen LogP contribution is 2.28. The van der Waals surface area contributed by atoms with E-state index in [-0.39, 0.29) is 6.54 Å². The van der Waals surface area contributed by atoms with Crippen molar-refractivity contribution in [3.05, 3.63) is 60.7 Å². The number of esters is 1. The van der Waals surface area contributed by atoms with Gasteiger partial charge in [0.25, 0.3) is 0 Å². The molecule has 0 bridgehead atoms. The normalized spacial score (nSPS) is 11.3. The van der Waals surface area contributed by atoms with Crippen LogP contribution in [0.25, 0.3) is 0 Å². The molecule has 0 heterocycles. The molecule has 122 valence electrons. The van der Waals surface area contributed by atoms with E-state index in [0.29, 0.717) is 11.5 Å². The zero-order valence-corrected chi connectivity index (χ0v) is 13.8. The molecule has 0 aliphatic heterocycles. The summed E-state index contributed by atoms with van der Waals surface area (Å²) in [6, 6.07) is 17.6.